The van der Waals surface area contributed by atoms with E-state index in [9.17, 15) is 9.59 Å². The summed E-state index contributed by atoms with van der Waals surface area (Å²) in [6.07, 6.45) is 0. The van der Waals surface area contributed by atoms with Crippen molar-refractivity contribution >= 4 is 40.9 Å². The molecule has 0 saturated heterocycles. The van der Waals surface area contributed by atoms with Crippen molar-refractivity contribution in [1.29, 1.82) is 0 Å². The second-order valence-electron chi connectivity index (χ2n) is 5.25. The Balaban J connectivity index is 1.76. The molecule has 0 heterocycles. The molecule has 2 rings (SSSR count). The molecule has 0 bridgehead atoms. The molecule has 4 nitrogen and oxygen atoms in total. The third kappa shape index (κ3) is 5.58. The van der Waals surface area contributed by atoms with Crippen molar-refractivity contribution < 1.29 is 14.3 Å². The van der Waals surface area contributed by atoms with Crippen molar-refractivity contribution in [2.45, 2.75) is 18.7 Å². The molecule has 1 amide bonds. The van der Waals surface area contributed by atoms with Crippen LogP contribution >= 0.6 is 23.4 Å². The monoisotopic (exact) mass is 363 g/mol. The van der Waals surface area contributed by atoms with Gasteiger partial charge in [0.1, 0.15) is 0 Å². The minimum Gasteiger partial charge on any atom is -0.455 e. The smallest absolute Gasteiger partial charge is 0.316 e. The minimum absolute atomic E-state index is 0.156. The predicted octanol–water partition coefficient (Wildman–Crippen LogP) is 4.23. The van der Waals surface area contributed by atoms with E-state index in [1.807, 2.05) is 26.0 Å². The number of thioether (sulfide) groups is 1. The summed E-state index contributed by atoms with van der Waals surface area (Å²) in [5.74, 6) is -0.703. The van der Waals surface area contributed by atoms with E-state index in [1.165, 1.54) is 17.3 Å². The van der Waals surface area contributed by atoms with Gasteiger partial charge in [0.25, 0.3) is 5.91 Å². The molecule has 0 fully saturated rings. The third-order valence-corrected chi connectivity index (χ3v) is 4.67. The topological polar surface area (TPSA) is 55.4 Å². The highest BCUT2D eigenvalue weighted by Crippen LogP contribution is 2.23. The number of esters is 1. The van der Waals surface area contributed by atoms with Crippen LogP contribution in [0.2, 0.25) is 5.02 Å². The van der Waals surface area contributed by atoms with Gasteiger partial charge in [0.05, 0.1) is 16.5 Å². The fraction of sp³-hybridized carbons (Fsp3) is 0.222. The molecule has 0 spiro atoms. The number of halogens is 1. The molecule has 1 N–H and O–H groups in total. The van der Waals surface area contributed by atoms with Gasteiger partial charge < -0.3 is 10.1 Å². The number of benzene rings is 2. The van der Waals surface area contributed by atoms with E-state index in [-0.39, 0.29) is 12.4 Å². The van der Waals surface area contributed by atoms with Crippen LogP contribution in [0.1, 0.15) is 11.1 Å². The standard InChI is InChI=1S/C18H18ClNO3S/c1-12-7-8-16(13(2)9-12)24-11-18(22)23-10-17(21)20-15-6-4-3-5-14(15)19/h3-9H,10-11H2,1-2H3,(H,20,21). The van der Waals surface area contributed by atoms with Crippen LogP contribution in [0, 0.1) is 13.8 Å². The molecule has 24 heavy (non-hydrogen) atoms. The molecule has 0 aliphatic carbocycles. The summed E-state index contributed by atoms with van der Waals surface area (Å²) in [5, 5.41) is 3.03. The Labute approximate surface area is 150 Å². The number of rotatable bonds is 6. The first kappa shape index (κ1) is 18.4. The molecular weight excluding hydrogens is 346 g/mol. The number of carbonyl (C=O) groups is 2. The number of hydrogen-bond donors (Lipinski definition) is 1. The normalized spacial score (nSPS) is 10.3. The Morgan fingerprint density at radius 3 is 2.62 bits per heavy atom. The number of hydrogen-bond acceptors (Lipinski definition) is 4. The van der Waals surface area contributed by atoms with E-state index in [1.54, 1.807) is 24.3 Å². The van der Waals surface area contributed by atoms with Gasteiger partial charge in [0.2, 0.25) is 0 Å². The fourth-order valence-corrected chi connectivity index (χ4v) is 3.03. The van der Waals surface area contributed by atoms with Gasteiger partial charge in [-0.05, 0) is 37.6 Å². The third-order valence-electron chi connectivity index (χ3n) is 3.19. The lowest BCUT2D eigenvalue weighted by Gasteiger charge is -2.08. The summed E-state index contributed by atoms with van der Waals surface area (Å²) in [4.78, 5) is 24.6. The lowest BCUT2D eigenvalue weighted by Crippen LogP contribution is -2.21. The second kappa shape index (κ2) is 8.76. The molecule has 0 radical (unpaired) electrons. The van der Waals surface area contributed by atoms with Crippen molar-refractivity contribution in [2.24, 2.45) is 0 Å². The summed E-state index contributed by atoms with van der Waals surface area (Å²) in [7, 11) is 0. The Hall–Kier alpha value is -1.98. The summed E-state index contributed by atoms with van der Waals surface area (Å²) in [6.45, 7) is 3.68. The van der Waals surface area contributed by atoms with Crippen LogP contribution in [0.15, 0.2) is 47.4 Å². The number of anilines is 1. The maximum Gasteiger partial charge on any atom is 0.316 e. The van der Waals surface area contributed by atoms with Crippen LogP contribution < -0.4 is 5.32 Å². The highest BCUT2D eigenvalue weighted by molar-refractivity contribution is 8.00. The number of ether oxygens (including phenoxy) is 1. The zero-order valence-corrected chi connectivity index (χ0v) is 15.0. The summed E-state index contributed by atoms with van der Waals surface area (Å²) in [5.41, 5.74) is 2.78. The molecule has 0 aliphatic heterocycles. The summed E-state index contributed by atoms with van der Waals surface area (Å²) < 4.78 is 4.99. The molecule has 2 aromatic rings. The SMILES string of the molecule is Cc1ccc(SCC(=O)OCC(=O)Nc2ccccc2Cl)c(C)c1. The first-order chi connectivity index (χ1) is 11.5. The highest BCUT2D eigenvalue weighted by Gasteiger charge is 2.10. The zero-order chi connectivity index (χ0) is 17.5. The Bertz CT molecular complexity index is 749. The average Bonchev–Trinajstić information content (AvgIpc) is 2.54. The van der Waals surface area contributed by atoms with Gasteiger partial charge in [0, 0.05) is 4.90 Å². The molecule has 126 valence electrons. The van der Waals surface area contributed by atoms with Gasteiger partial charge in [-0.2, -0.15) is 0 Å². The molecule has 6 heteroatoms. The number of aryl methyl sites for hydroxylation is 2. The molecule has 0 unspecified atom stereocenters. The van der Waals surface area contributed by atoms with Gasteiger partial charge in [-0.25, -0.2) is 0 Å². The van der Waals surface area contributed by atoms with Crippen LogP contribution in [-0.2, 0) is 14.3 Å². The number of para-hydroxylation sites is 1. The van der Waals surface area contributed by atoms with Crippen molar-refractivity contribution in [3.8, 4) is 0 Å². The number of amides is 1. The zero-order valence-electron chi connectivity index (χ0n) is 13.5. The first-order valence-corrected chi connectivity index (χ1v) is 8.72. The van der Waals surface area contributed by atoms with Crippen LogP contribution in [-0.4, -0.2) is 24.2 Å². The summed E-state index contributed by atoms with van der Waals surface area (Å²) in [6, 6.07) is 12.9. The Morgan fingerprint density at radius 2 is 1.92 bits per heavy atom. The molecule has 0 atom stereocenters. The second-order valence-corrected chi connectivity index (χ2v) is 6.67. The van der Waals surface area contributed by atoms with Crippen LogP contribution in [0.4, 0.5) is 5.69 Å². The Morgan fingerprint density at radius 1 is 1.17 bits per heavy atom. The van der Waals surface area contributed by atoms with Crippen molar-refractivity contribution in [1.82, 2.24) is 0 Å². The van der Waals surface area contributed by atoms with E-state index in [0.29, 0.717) is 10.7 Å². The minimum atomic E-state index is -0.436. The summed E-state index contributed by atoms with van der Waals surface area (Å²) >= 11 is 7.34. The van der Waals surface area contributed by atoms with Gasteiger partial charge in [-0.15, -0.1) is 11.8 Å². The van der Waals surface area contributed by atoms with E-state index in [0.717, 1.165) is 10.5 Å². The number of nitrogens with one attached hydrogen (secondary N) is 1. The van der Waals surface area contributed by atoms with E-state index >= 15 is 0 Å². The highest BCUT2D eigenvalue weighted by atomic mass is 35.5. The van der Waals surface area contributed by atoms with Crippen LogP contribution in [0.5, 0.6) is 0 Å². The molecule has 0 aromatic heterocycles. The van der Waals surface area contributed by atoms with Crippen LogP contribution in [0.25, 0.3) is 0 Å². The van der Waals surface area contributed by atoms with Crippen molar-refractivity contribution in [3.05, 3.63) is 58.6 Å². The first-order valence-electron chi connectivity index (χ1n) is 7.36. The van der Waals surface area contributed by atoms with Gasteiger partial charge in [0.15, 0.2) is 6.61 Å². The van der Waals surface area contributed by atoms with Crippen molar-refractivity contribution in [2.75, 3.05) is 17.7 Å². The van der Waals surface area contributed by atoms with E-state index in [4.69, 9.17) is 16.3 Å². The maximum atomic E-state index is 11.8. The molecular formula is C18H18ClNO3S. The predicted molar refractivity (Wildman–Crippen MR) is 97.7 cm³/mol. The van der Waals surface area contributed by atoms with Crippen molar-refractivity contribution in [3.63, 3.8) is 0 Å². The lowest BCUT2D eigenvalue weighted by atomic mass is 10.2. The Kier molecular flexibility index (Phi) is 6.70. The quantitative estimate of drug-likeness (QED) is 0.616. The maximum absolute atomic E-state index is 11.8. The number of carbonyl (C=O) groups excluding carboxylic acids is 2. The molecule has 0 saturated carbocycles. The average molecular weight is 364 g/mol. The van der Waals surface area contributed by atoms with E-state index < -0.39 is 11.9 Å². The van der Waals surface area contributed by atoms with Gasteiger partial charge >= 0.3 is 5.97 Å². The molecule has 2 aromatic carbocycles. The fourth-order valence-electron chi connectivity index (χ4n) is 2.03. The largest absolute Gasteiger partial charge is 0.455 e. The van der Waals surface area contributed by atoms with Crippen LogP contribution in [0.3, 0.4) is 0 Å². The van der Waals surface area contributed by atoms with E-state index in [2.05, 4.69) is 11.4 Å². The molecule has 0 aliphatic rings. The van der Waals surface area contributed by atoms with Gasteiger partial charge in [-0.3, -0.25) is 9.59 Å². The lowest BCUT2D eigenvalue weighted by molar-refractivity contribution is -0.144. The van der Waals surface area contributed by atoms with Gasteiger partial charge in [-0.1, -0.05) is 41.4 Å².